The molecule has 0 aliphatic carbocycles. The van der Waals surface area contributed by atoms with Crippen LogP contribution in [0.3, 0.4) is 0 Å². The molecule has 6 nitrogen and oxygen atoms in total. The molecule has 0 saturated carbocycles. The maximum Gasteiger partial charge on any atom is 0.372 e. The third kappa shape index (κ3) is 8.38. The number of rotatable bonds is 4. The van der Waals surface area contributed by atoms with E-state index in [1.54, 1.807) is 0 Å². The predicted octanol–water partition coefficient (Wildman–Crippen LogP) is 0.100. The van der Waals surface area contributed by atoms with E-state index < -0.39 is 23.5 Å². The van der Waals surface area contributed by atoms with Gasteiger partial charge in [0, 0.05) is 12.8 Å². The number of carboxylic acids is 2. The molecule has 0 saturated heterocycles. The Hall–Kier alpha value is -1.72. The van der Waals surface area contributed by atoms with Crippen LogP contribution in [0.25, 0.3) is 0 Å². The molecule has 0 aliphatic heterocycles. The number of carbonyl (C=O) groups excluding carboxylic acids is 2. The van der Waals surface area contributed by atoms with Crippen LogP contribution in [0, 0.1) is 0 Å². The molecule has 0 atom stereocenters. The molecule has 0 radical (unpaired) electrons. The van der Waals surface area contributed by atoms with Crippen LogP contribution in [0.1, 0.15) is 26.7 Å². The van der Waals surface area contributed by atoms with Gasteiger partial charge < -0.3 is 10.2 Å². The van der Waals surface area contributed by atoms with Crippen LogP contribution in [0.5, 0.6) is 0 Å². The quantitative estimate of drug-likeness (QED) is 0.628. The highest BCUT2D eigenvalue weighted by atomic mass is 16.4. The van der Waals surface area contributed by atoms with Crippen LogP contribution in [0.4, 0.5) is 0 Å². The SMILES string of the molecule is CCC(=O)C(=O)O.CCC(=O)C(=O)O. The standard InChI is InChI=1S/2C4H6O3/c2*1-2-3(5)4(6)7/h2*2H2,1H3,(H,6,7). The predicted molar refractivity (Wildman–Crippen MR) is 45.9 cm³/mol. The van der Waals surface area contributed by atoms with Gasteiger partial charge in [0.1, 0.15) is 0 Å². The van der Waals surface area contributed by atoms with Crippen molar-refractivity contribution in [2.75, 3.05) is 0 Å². The Morgan fingerprint density at radius 3 is 1.00 bits per heavy atom. The van der Waals surface area contributed by atoms with Gasteiger partial charge in [-0.2, -0.15) is 0 Å². The van der Waals surface area contributed by atoms with E-state index in [0.717, 1.165) is 0 Å². The molecule has 0 aliphatic rings. The molecule has 0 heterocycles. The molecule has 0 aromatic heterocycles. The number of Topliss-reactive ketones (excluding diaryl/α,β-unsaturated/α-hetero) is 2. The molecule has 0 rings (SSSR count). The lowest BCUT2D eigenvalue weighted by Gasteiger charge is -1.80. The van der Waals surface area contributed by atoms with Crippen molar-refractivity contribution in [2.45, 2.75) is 26.7 Å². The molecule has 0 unspecified atom stereocenters. The van der Waals surface area contributed by atoms with Gasteiger partial charge in [0.05, 0.1) is 0 Å². The fourth-order valence-electron chi connectivity index (χ4n) is 0.302. The van der Waals surface area contributed by atoms with E-state index >= 15 is 0 Å². The first-order chi connectivity index (χ1) is 6.36. The van der Waals surface area contributed by atoms with Gasteiger partial charge in [0.15, 0.2) is 0 Å². The van der Waals surface area contributed by atoms with Crippen molar-refractivity contribution in [3.05, 3.63) is 0 Å². The second-order valence-electron chi connectivity index (χ2n) is 2.16. The summed E-state index contributed by atoms with van der Waals surface area (Å²) in [6.45, 7) is 3.02. The summed E-state index contributed by atoms with van der Waals surface area (Å²) < 4.78 is 0. The van der Waals surface area contributed by atoms with E-state index in [1.807, 2.05) is 0 Å². The van der Waals surface area contributed by atoms with E-state index in [-0.39, 0.29) is 12.8 Å². The molecule has 0 bridgehead atoms. The largest absolute Gasteiger partial charge is 0.476 e. The number of carbonyl (C=O) groups is 4. The minimum absolute atomic E-state index is 0.0787. The van der Waals surface area contributed by atoms with Gasteiger partial charge in [-0.05, 0) is 0 Å². The molecular formula is C8H12O6. The molecule has 0 amide bonds. The summed E-state index contributed by atoms with van der Waals surface area (Å²) >= 11 is 0. The Labute approximate surface area is 80.5 Å². The average molecular weight is 204 g/mol. The number of hydrogen-bond donors (Lipinski definition) is 2. The van der Waals surface area contributed by atoms with Crippen LogP contribution in [-0.2, 0) is 19.2 Å². The highest BCUT2D eigenvalue weighted by Gasteiger charge is 2.05. The summed E-state index contributed by atoms with van der Waals surface area (Å²) in [4.78, 5) is 39.0. The normalized spacial score (nSPS) is 8.14. The van der Waals surface area contributed by atoms with Crippen LogP contribution in [0.15, 0.2) is 0 Å². The molecule has 0 aromatic carbocycles. The number of aliphatic carboxylic acids is 2. The second-order valence-corrected chi connectivity index (χ2v) is 2.16. The fourth-order valence-corrected chi connectivity index (χ4v) is 0.302. The number of hydrogen-bond acceptors (Lipinski definition) is 4. The summed E-state index contributed by atoms with van der Waals surface area (Å²) in [5, 5.41) is 15.7. The third-order valence-corrected chi connectivity index (χ3v) is 1.12. The van der Waals surface area contributed by atoms with Gasteiger partial charge in [-0.1, -0.05) is 13.8 Å². The van der Waals surface area contributed by atoms with Crippen molar-refractivity contribution in [1.82, 2.24) is 0 Å². The monoisotopic (exact) mass is 204 g/mol. The zero-order valence-corrected chi connectivity index (χ0v) is 7.94. The van der Waals surface area contributed by atoms with Gasteiger partial charge >= 0.3 is 11.9 Å². The third-order valence-electron chi connectivity index (χ3n) is 1.12. The van der Waals surface area contributed by atoms with Crippen molar-refractivity contribution in [2.24, 2.45) is 0 Å². The maximum absolute atomic E-state index is 9.91. The molecule has 80 valence electrons. The van der Waals surface area contributed by atoms with E-state index in [0.29, 0.717) is 0 Å². The Kier molecular flexibility index (Phi) is 8.35. The van der Waals surface area contributed by atoms with E-state index in [9.17, 15) is 19.2 Å². The molecule has 14 heavy (non-hydrogen) atoms. The minimum Gasteiger partial charge on any atom is -0.476 e. The van der Waals surface area contributed by atoms with Gasteiger partial charge in [0.25, 0.3) is 0 Å². The topological polar surface area (TPSA) is 109 Å². The molecule has 2 N–H and O–H groups in total. The molecule has 0 aromatic rings. The van der Waals surface area contributed by atoms with Gasteiger partial charge in [-0.25, -0.2) is 9.59 Å². The van der Waals surface area contributed by atoms with Crippen molar-refractivity contribution in [1.29, 1.82) is 0 Å². The second kappa shape index (κ2) is 7.90. The summed E-state index contributed by atoms with van der Waals surface area (Å²) in [6.07, 6.45) is 0.157. The first-order valence-electron chi connectivity index (χ1n) is 3.89. The van der Waals surface area contributed by atoms with Crippen molar-refractivity contribution < 1.29 is 29.4 Å². The smallest absolute Gasteiger partial charge is 0.372 e. The first kappa shape index (κ1) is 14.8. The maximum atomic E-state index is 9.91. The van der Waals surface area contributed by atoms with Crippen LogP contribution < -0.4 is 0 Å². The Morgan fingerprint density at radius 2 is 1.00 bits per heavy atom. The minimum atomic E-state index is -1.34. The van der Waals surface area contributed by atoms with Crippen molar-refractivity contribution >= 4 is 23.5 Å². The summed E-state index contributed by atoms with van der Waals surface area (Å²) in [6, 6.07) is 0. The Bertz CT molecular complexity index is 216. The van der Waals surface area contributed by atoms with Gasteiger partial charge in [0.2, 0.25) is 11.6 Å². The van der Waals surface area contributed by atoms with Crippen molar-refractivity contribution in [3.8, 4) is 0 Å². The van der Waals surface area contributed by atoms with Gasteiger partial charge in [-0.3, -0.25) is 9.59 Å². The lowest BCUT2D eigenvalue weighted by Crippen LogP contribution is -2.09. The van der Waals surface area contributed by atoms with Crippen molar-refractivity contribution in [3.63, 3.8) is 0 Å². The Balaban J connectivity index is 0. The molecule has 0 spiro atoms. The summed E-state index contributed by atoms with van der Waals surface area (Å²) in [7, 11) is 0. The molecule has 0 fully saturated rings. The lowest BCUT2D eigenvalue weighted by atomic mass is 10.3. The average Bonchev–Trinajstić information content (AvgIpc) is 2.15. The number of ketones is 2. The highest BCUT2D eigenvalue weighted by molar-refractivity contribution is 6.32. The molecule has 6 heteroatoms. The first-order valence-corrected chi connectivity index (χ1v) is 3.89. The lowest BCUT2D eigenvalue weighted by molar-refractivity contribution is -0.149. The van der Waals surface area contributed by atoms with Crippen LogP contribution >= 0.6 is 0 Å². The zero-order chi connectivity index (χ0) is 11.7. The number of carboxylic acid groups (broad SMARTS) is 2. The Morgan fingerprint density at radius 1 is 0.786 bits per heavy atom. The molecular weight excluding hydrogens is 192 g/mol. The van der Waals surface area contributed by atoms with E-state index in [4.69, 9.17) is 10.2 Å². The fraction of sp³-hybridized carbons (Fsp3) is 0.500. The summed E-state index contributed by atoms with van der Waals surface area (Å²) in [5.41, 5.74) is 0. The van der Waals surface area contributed by atoms with Gasteiger partial charge in [-0.15, -0.1) is 0 Å². The van der Waals surface area contributed by atoms with E-state index in [1.165, 1.54) is 13.8 Å². The highest BCUT2D eigenvalue weighted by Crippen LogP contribution is 1.77. The van der Waals surface area contributed by atoms with E-state index in [2.05, 4.69) is 0 Å². The summed E-state index contributed by atoms with van der Waals surface area (Å²) in [5.74, 6) is -4.16. The zero-order valence-electron chi connectivity index (χ0n) is 7.94. The van der Waals surface area contributed by atoms with Crippen LogP contribution in [-0.4, -0.2) is 33.7 Å². The van der Waals surface area contributed by atoms with Crippen LogP contribution in [0.2, 0.25) is 0 Å².